The Morgan fingerprint density at radius 1 is 1.30 bits per heavy atom. The van der Waals surface area contributed by atoms with E-state index in [2.05, 4.69) is 25.6 Å². The van der Waals surface area contributed by atoms with Crippen LogP contribution < -0.4 is 0 Å². The molecule has 0 bridgehead atoms. The molecule has 1 fully saturated rings. The third-order valence-electron chi connectivity index (χ3n) is 5.29. The second-order valence-corrected chi connectivity index (χ2v) is 7.20. The van der Waals surface area contributed by atoms with Crippen molar-refractivity contribution >= 4 is 11.8 Å². The highest BCUT2D eigenvalue weighted by Gasteiger charge is 2.24. The number of aromatic nitrogens is 5. The number of aryl methyl sites for hydroxylation is 2. The maximum atomic E-state index is 12.4. The number of carbonyl (C=O) groups excluding carboxylic acids is 2. The summed E-state index contributed by atoms with van der Waals surface area (Å²) in [5, 5.41) is 17.0. The van der Waals surface area contributed by atoms with Crippen LogP contribution in [0.5, 0.6) is 0 Å². The minimum atomic E-state index is -0.104. The third-order valence-corrected chi connectivity index (χ3v) is 5.29. The van der Waals surface area contributed by atoms with Gasteiger partial charge in [0.25, 0.3) is 5.91 Å². The molecule has 0 unspecified atom stereocenters. The molecule has 0 aliphatic carbocycles. The van der Waals surface area contributed by atoms with Crippen LogP contribution in [0.4, 0.5) is 0 Å². The van der Waals surface area contributed by atoms with Crippen molar-refractivity contribution in [3.8, 4) is 0 Å². The van der Waals surface area contributed by atoms with Gasteiger partial charge >= 0.3 is 0 Å². The van der Waals surface area contributed by atoms with Gasteiger partial charge in [-0.15, -0.1) is 0 Å². The fraction of sp³-hybridized carbons (Fsp3) is 0.611. The first-order valence-electron chi connectivity index (χ1n) is 9.43. The number of hydrogen-bond donors (Lipinski definition) is 2. The molecule has 0 aromatic carbocycles. The van der Waals surface area contributed by atoms with Crippen molar-refractivity contribution in [2.45, 2.75) is 39.0 Å². The maximum Gasteiger partial charge on any atom is 0.276 e. The summed E-state index contributed by atoms with van der Waals surface area (Å²) < 4.78 is 0. The Kier molecular flexibility index (Phi) is 6.20. The molecule has 2 amide bonds. The molecule has 146 valence electrons. The van der Waals surface area contributed by atoms with E-state index in [9.17, 15) is 9.59 Å². The van der Waals surface area contributed by atoms with E-state index < -0.39 is 0 Å². The van der Waals surface area contributed by atoms with Gasteiger partial charge in [-0.3, -0.25) is 14.7 Å². The minimum Gasteiger partial charge on any atom is -0.343 e. The molecule has 9 heteroatoms. The summed E-state index contributed by atoms with van der Waals surface area (Å²) in [5.74, 6) is 0.646. The molecule has 2 N–H and O–H groups in total. The molecule has 1 saturated heterocycles. The number of amides is 2. The summed E-state index contributed by atoms with van der Waals surface area (Å²) in [6.07, 6.45) is 7.76. The summed E-state index contributed by atoms with van der Waals surface area (Å²) >= 11 is 0. The van der Waals surface area contributed by atoms with Gasteiger partial charge in [0.05, 0.1) is 11.9 Å². The molecule has 0 saturated carbocycles. The monoisotopic (exact) mass is 373 g/mol. The smallest absolute Gasteiger partial charge is 0.276 e. The highest BCUT2D eigenvalue weighted by molar-refractivity contribution is 5.92. The maximum absolute atomic E-state index is 12.4. The van der Waals surface area contributed by atoms with E-state index >= 15 is 0 Å². The van der Waals surface area contributed by atoms with Crippen LogP contribution in [0.1, 0.15) is 47.4 Å². The Morgan fingerprint density at radius 3 is 2.70 bits per heavy atom. The van der Waals surface area contributed by atoms with Gasteiger partial charge in [0.2, 0.25) is 5.91 Å². The second kappa shape index (κ2) is 8.79. The van der Waals surface area contributed by atoms with E-state index in [-0.39, 0.29) is 11.8 Å². The van der Waals surface area contributed by atoms with Crippen molar-refractivity contribution in [3.63, 3.8) is 0 Å². The Bertz CT molecular complexity index is 748. The van der Waals surface area contributed by atoms with Gasteiger partial charge in [0.15, 0.2) is 5.69 Å². The average molecular weight is 373 g/mol. The average Bonchev–Trinajstić information content (AvgIpc) is 3.35. The zero-order valence-corrected chi connectivity index (χ0v) is 15.9. The molecule has 0 radical (unpaired) electrons. The molecule has 0 spiro atoms. The molecule has 3 rings (SSSR count). The van der Waals surface area contributed by atoms with Crippen molar-refractivity contribution in [1.82, 2.24) is 35.4 Å². The van der Waals surface area contributed by atoms with Crippen molar-refractivity contribution in [2.75, 3.05) is 26.7 Å². The quantitative estimate of drug-likeness (QED) is 0.757. The lowest BCUT2D eigenvalue weighted by Crippen LogP contribution is -2.39. The molecular formula is C18H27N7O2. The normalized spacial score (nSPS) is 15.1. The SMILES string of the molecule is Cc1n[nH]nc1C(=O)N(C)CCC1CCN(C(=O)CCc2cn[nH]c2)CC1. The highest BCUT2D eigenvalue weighted by Crippen LogP contribution is 2.22. The number of H-pyrrole nitrogens is 2. The van der Waals surface area contributed by atoms with Crippen LogP contribution in [0.3, 0.4) is 0 Å². The molecule has 0 atom stereocenters. The number of hydrogen-bond acceptors (Lipinski definition) is 5. The van der Waals surface area contributed by atoms with Gasteiger partial charge in [-0.05, 0) is 44.1 Å². The lowest BCUT2D eigenvalue weighted by molar-refractivity contribution is -0.132. The van der Waals surface area contributed by atoms with Crippen molar-refractivity contribution in [2.24, 2.45) is 5.92 Å². The molecule has 2 aromatic rings. The van der Waals surface area contributed by atoms with Crippen LogP contribution in [-0.4, -0.2) is 73.9 Å². The van der Waals surface area contributed by atoms with Crippen molar-refractivity contribution in [1.29, 1.82) is 0 Å². The topological polar surface area (TPSA) is 111 Å². The summed E-state index contributed by atoms with van der Waals surface area (Å²) in [7, 11) is 1.80. The molecule has 1 aliphatic rings. The third kappa shape index (κ3) is 4.93. The summed E-state index contributed by atoms with van der Waals surface area (Å²) in [6, 6.07) is 0. The number of nitrogens with one attached hydrogen (secondary N) is 2. The van der Waals surface area contributed by atoms with Gasteiger partial charge in [-0.2, -0.15) is 20.5 Å². The number of piperidine rings is 1. The molecule has 1 aliphatic heterocycles. The van der Waals surface area contributed by atoms with Crippen LogP contribution in [0.25, 0.3) is 0 Å². The fourth-order valence-corrected chi connectivity index (χ4v) is 3.44. The number of nitrogens with zero attached hydrogens (tertiary/aromatic N) is 5. The van der Waals surface area contributed by atoms with E-state index in [1.165, 1.54) is 0 Å². The summed E-state index contributed by atoms with van der Waals surface area (Å²) in [6.45, 7) is 4.05. The molecule has 27 heavy (non-hydrogen) atoms. The standard InChI is InChI=1S/C18H27N7O2/c1-13-17(22-23-21-13)18(27)24(2)8-5-14-6-9-25(10-7-14)16(26)4-3-15-11-19-20-12-15/h11-12,14H,3-10H2,1-2H3,(H,19,20)(H,21,22,23). The summed E-state index contributed by atoms with van der Waals surface area (Å²) in [4.78, 5) is 28.4. The fourth-order valence-electron chi connectivity index (χ4n) is 3.44. The van der Waals surface area contributed by atoms with Gasteiger partial charge in [0.1, 0.15) is 0 Å². The van der Waals surface area contributed by atoms with E-state index in [1.807, 2.05) is 11.1 Å². The van der Waals surface area contributed by atoms with Crippen molar-refractivity contribution in [3.05, 3.63) is 29.3 Å². The first kappa shape index (κ1) is 19.1. The molecule has 2 aromatic heterocycles. The Morgan fingerprint density at radius 2 is 2.07 bits per heavy atom. The Hall–Kier alpha value is -2.71. The Balaban J connectivity index is 1.37. The molecule has 9 nitrogen and oxygen atoms in total. The van der Waals surface area contributed by atoms with Crippen LogP contribution in [0.2, 0.25) is 0 Å². The van der Waals surface area contributed by atoms with Crippen LogP contribution in [0, 0.1) is 12.8 Å². The van der Waals surface area contributed by atoms with Gasteiger partial charge in [-0.25, -0.2) is 0 Å². The zero-order chi connectivity index (χ0) is 19.2. The predicted molar refractivity (Wildman–Crippen MR) is 98.9 cm³/mol. The zero-order valence-electron chi connectivity index (χ0n) is 15.9. The first-order valence-corrected chi connectivity index (χ1v) is 9.43. The Labute approximate surface area is 158 Å². The van der Waals surface area contributed by atoms with E-state index in [0.29, 0.717) is 30.3 Å². The first-order chi connectivity index (χ1) is 13.0. The van der Waals surface area contributed by atoms with Gasteiger partial charge in [0, 0.05) is 39.3 Å². The van der Waals surface area contributed by atoms with E-state index in [4.69, 9.17) is 0 Å². The van der Waals surface area contributed by atoms with Crippen molar-refractivity contribution < 1.29 is 9.59 Å². The molecule has 3 heterocycles. The number of carbonyl (C=O) groups is 2. The predicted octanol–water partition coefficient (Wildman–Crippen LogP) is 1.17. The highest BCUT2D eigenvalue weighted by atomic mass is 16.2. The van der Waals surface area contributed by atoms with Crippen LogP contribution in [0.15, 0.2) is 12.4 Å². The lowest BCUT2D eigenvalue weighted by Gasteiger charge is -2.32. The number of aromatic amines is 2. The second-order valence-electron chi connectivity index (χ2n) is 7.20. The van der Waals surface area contributed by atoms with Gasteiger partial charge in [-0.1, -0.05) is 0 Å². The van der Waals surface area contributed by atoms with Crippen LogP contribution in [-0.2, 0) is 11.2 Å². The summed E-state index contributed by atoms with van der Waals surface area (Å²) in [5.41, 5.74) is 2.07. The minimum absolute atomic E-state index is 0.104. The van der Waals surface area contributed by atoms with E-state index in [1.54, 1.807) is 25.1 Å². The molecular weight excluding hydrogens is 346 g/mol. The van der Waals surface area contributed by atoms with Gasteiger partial charge < -0.3 is 9.80 Å². The largest absolute Gasteiger partial charge is 0.343 e. The number of likely N-dealkylation sites (tertiary alicyclic amines) is 1. The number of rotatable bonds is 7. The lowest BCUT2D eigenvalue weighted by atomic mass is 9.93. The van der Waals surface area contributed by atoms with E-state index in [0.717, 1.165) is 44.3 Å². The van der Waals surface area contributed by atoms with Crippen LogP contribution >= 0.6 is 0 Å².